The van der Waals surface area contributed by atoms with Crippen molar-refractivity contribution >= 4 is 11.3 Å². The van der Waals surface area contributed by atoms with Crippen LogP contribution >= 0.6 is 11.3 Å². The van der Waals surface area contributed by atoms with Crippen LogP contribution in [0.4, 0.5) is 13.2 Å². The molecule has 0 aromatic carbocycles. The van der Waals surface area contributed by atoms with Gasteiger partial charge < -0.3 is 10.8 Å². The van der Waals surface area contributed by atoms with Crippen molar-refractivity contribution in [3.05, 3.63) is 21.9 Å². The number of hydrogen-bond acceptors (Lipinski definition) is 3. The molecule has 0 amide bonds. The highest BCUT2D eigenvalue weighted by atomic mass is 32.1. The third-order valence-corrected chi connectivity index (χ3v) is 2.36. The fraction of sp³-hybridized carbons (Fsp3) is 0.429. The van der Waals surface area contributed by atoms with Gasteiger partial charge in [0.2, 0.25) is 0 Å². The molecule has 1 aromatic heterocycles. The smallest absolute Gasteiger partial charge is 0.394 e. The molecule has 74 valence electrons. The molecule has 13 heavy (non-hydrogen) atoms. The van der Waals surface area contributed by atoms with E-state index in [-0.39, 0.29) is 5.56 Å². The van der Waals surface area contributed by atoms with Crippen LogP contribution < -0.4 is 5.73 Å². The second-order valence-corrected chi connectivity index (χ2v) is 3.27. The minimum Gasteiger partial charge on any atom is -0.394 e. The van der Waals surface area contributed by atoms with Gasteiger partial charge in [0.25, 0.3) is 0 Å². The molecule has 1 heterocycles. The number of rotatable bonds is 2. The van der Waals surface area contributed by atoms with E-state index in [1.807, 2.05) is 0 Å². The summed E-state index contributed by atoms with van der Waals surface area (Å²) in [4.78, 5) is 0. The summed E-state index contributed by atoms with van der Waals surface area (Å²) in [7, 11) is 0. The van der Waals surface area contributed by atoms with E-state index < -0.39 is 24.4 Å². The van der Waals surface area contributed by atoms with E-state index in [0.29, 0.717) is 0 Å². The Hall–Kier alpha value is -0.590. The van der Waals surface area contributed by atoms with Gasteiger partial charge in [-0.3, -0.25) is 0 Å². The van der Waals surface area contributed by atoms with Crippen LogP contribution in [0.2, 0.25) is 0 Å². The number of aliphatic hydroxyl groups excluding tert-OH is 1. The molecule has 0 aliphatic heterocycles. The van der Waals surface area contributed by atoms with Gasteiger partial charge in [-0.15, -0.1) is 0 Å². The molecule has 1 rings (SSSR count). The monoisotopic (exact) mass is 211 g/mol. The summed E-state index contributed by atoms with van der Waals surface area (Å²) in [6, 6.07) is -0.956. The van der Waals surface area contributed by atoms with Crippen LogP contribution in [0.1, 0.15) is 17.2 Å². The molecule has 0 bridgehead atoms. The summed E-state index contributed by atoms with van der Waals surface area (Å²) < 4.78 is 36.7. The van der Waals surface area contributed by atoms with E-state index in [0.717, 1.165) is 16.7 Å². The van der Waals surface area contributed by atoms with Gasteiger partial charge in [0.05, 0.1) is 18.2 Å². The lowest BCUT2D eigenvalue weighted by atomic mass is 10.1. The van der Waals surface area contributed by atoms with Crippen molar-refractivity contribution in [1.82, 2.24) is 0 Å². The molecule has 1 aromatic rings. The summed E-state index contributed by atoms with van der Waals surface area (Å²) in [5.74, 6) is 0. The topological polar surface area (TPSA) is 46.2 Å². The van der Waals surface area contributed by atoms with Gasteiger partial charge in [0.1, 0.15) is 0 Å². The molecule has 0 saturated carbocycles. The van der Waals surface area contributed by atoms with Crippen molar-refractivity contribution in [2.24, 2.45) is 5.73 Å². The molecule has 0 saturated heterocycles. The lowest BCUT2D eigenvalue weighted by molar-refractivity contribution is -0.138. The summed E-state index contributed by atoms with van der Waals surface area (Å²) in [6.45, 7) is -0.486. The highest BCUT2D eigenvalue weighted by Gasteiger charge is 2.35. The predicted molar refractivity (Wildman–Crippen MR) is 43.3 cm³/mol. The van der Waals surface area contributed by atoms with Crippen molar-refractivity contribution in [3.63, 3.8) is 0 Å². The van der Waals surface area contributed by atoms with Crippen LogP contribution in [0.25, 0.3) is 0 Å². The second kappa shape index (κ2) is 3.65. The molecule has 0 fully saturated rings. The number of alkyl halides is 3. The zero-order chi connectivity index (χ0) is 10.1. The lowest BCUT2D eigenvalue weighted by Crippen LogP contribution is -2.18. The van der Waals surface area contributed by atoms with E-state index in [1.54, 1.807) is 0 Å². The van der Waals surface area contributed by atoms with Crippen molar-refractivity contribution in [3.8, 4) is 0 Å². The Bertz CT molecular complexity index is 284. The molecule has 0 aliphatic carbocycles. The van der Waals surface area contributed by atoms with Gasteiger partial charge in [-0.25, -0.2) is 0 Å². The molecule has 0 radical (unpaired) electrons. The Labute approximate surface area is 76.8 Å². The molecule has 6 heteroatoms. The molecule has 3 N–H and O–H groups in total. The largest absolute Gasteiger partial charge is 0.417 e. The minimum atomic E-state index is -4.39. The van der Waals surface area contributed by atoms with E-state index >= 15 is 0 Å². The number of hydrogen-bond donors (Lipinski definition) is 2. The molecule has 2 nitrogen and oxygen atoms in total. The van der Waals surface area contributed by atoms with Crippen LogP contribution in [0.5, 0.6) is 0 Å². The molecule has 1 atom stereocenters. The van der Waals surface area contributed by atoms with Crippen molar-refractivity contribution in [2.75, 3.05) is 6.61 Å². The van der Waals surface area contributed by atoms with Crippen LogP contribution in [-0.4, -0.2) is 11.7 Å². The highest BCUT2D eigenvalue weighted by molar-refractivity contribution is 7.08. The van der Waals surface area contributed by atoms with Crippen LogP contribution in [-0.2, 0) is 6.18 Å². The number of aliphatic hydroxyl groups is 1. The van der Waals surface area contributed by atoms with Crippen molar-refractivity contribution in [1.29, 1.82) is 0 Å². The van der Waals surface area contributed by atoms with Gasteiger partial charge in [-0.2, -0.15) is 24.5 Å². The third kappa shape index (κ3) is 2.20. The second-order valence-electron chi connectivity index (χ2n) is 2.53. The predicted octanol–water partition coefficient (Wildman–Crippen LogP) is 1.76. The maximum absolute atomic E-state index is 12.2. The van der Waals surface area contributed by atoms with Gasteiger partial charge in [0, 0.05) is 5.38 Å². The Kier molecular flexibility index (Phi) is 2.94. The van der Waals surface area contributed by atoms with Gasteiger partial charge in [-0.1, -0.05) is 0 Å². The van der Waals surface area contributed by atoms with Crippen LogP contribution in [0, 0.1) is 0 Å². The first-order valence-corrected chi connectivity index (χ1v) is 4.40. The molecule has 0 spiro atoms. The fourth-order valence-corrected chi connectivity index (χ4v) is 1.85. The quantitative estimate of drug-likeness (QED) is 0.783. The van der Waals surface area contributed by atoms with E-state index in [2.05, 4.69) is 0 Å². The van der Waals surface area contributed by atoms with Crippen molar-refractivity contribution in [2.45, 2.75) is 12.2 Å². The zero-order valence-electron chi connectivity index (χ0n) is 6.51. The molecular weight excluding hydrogens is 203 g/mol. The van der Waals surface area contributed by atoms with Crippen molar-refractivity contribution < 1.29 is 18.3 Å². The lowest BCUT2D eigenvalue weighted by Gasteiger charge is -2.11. The van der Waals surface area contributed by atoms with E-state index in [1.165, 1.54) is 5.38 Å². The Morgan fingerprint density at radius 1 is 1.46 bits per heavy atom. The first-order valence-electron chi connectivity index (χ1n) is 3.46. The normalized spacial score (nSPS) is 14.5. The maximum Gasteiger partial charge on any atom is 0.417 e. The third-order valence-electron chi connectivity index (χ3n) is 1.59. The highest BCUT2D eigenvalue weighted by Crippen LogP contribution is 2.36. The zero-order valence-corrected chi connectivity index (χ0v) is 7.32. The summed E-state index contributed by atoms with van der Waals surface area (Å²) >= 11 is 0.926. The van der Waals surface area contributed by atoms with Crippen LogP contribution in [0.15, 0.2) is 10.8 Å². The number of nitrogens with two attached hydrogens (primary N) is 1. The standard InChI is InChI=1S/C7H8F3NOS/c8-7(9,10)5-3-13-2-4(5)6(11)1-12/h2-3,6,12H,1,11H2/t6-/m0/s1. The first-order chi connectivity index (χ1) is 5.96. The SMILES string of the molecule is N[C@@H](CO)c1cscc1C(F)(F)F. The average Bonchev–Trinajstić information content (AvgIpc) is 2.49. The van der Waals surface area contributed by atoms with Gasteiger partial charge in [-0.05, 0) is 10.9 Å². The Morgan fingerprint density at radius 2 is 2.08 bits per heavy atom. The molecule has 0 unspecified atom stereocenters. The number of halogens is 3. The summed E-state index contributed by atoms with van der Waals surface area (Å²) in [6.07, 6.45) is -4.39. The summed E-state index contributed by atoms with van der Waals surface area (Å²) in [5.41, 5.74) is 4.50. The average molecular weight is 211 g/mol. The van der Waals surface area contributed by atoms with Gasteiger partial charge >= 0.3 is 6.18 Å². The van der Waals surface area contributed by atoms with E-state index in [9.17, 15) is 13.2 Å². The minimum absolute atomic E-state index is 0.0417. The molecule has 0 aliphatic rings. The summed E-state index contributed by atoms with van der Waals surface area (Å²) in [5, 5.41) is 10.9. The maximum atomic E-state index is 12.2. The fourth-order valence-electron chi connectivity index (χ4n) is 0.923. The van der Waals surface area contributed by atoms with Crippen LogP contribution in [0.3, 0.4) is 0 Å². The van der Waals surface area contributed by atoms with Gasteiger partial charge in [0.15, 0.2) is 0 Å². The van der Waals surface area contributed by atoms with E-state index in [4.69, 9.17) is 10.8 Å². The number of thiophene rings is 1. The first kappa shape index (κ1) is 10.5. The molecular formula is C7H8F3NOS. The Morgan fingerprint density at radius 3 is 2.54 bits per heavy atom. The Balaban J connectivity index is 3.03.